The van der Waals surface area contributed by atoms with Gasteiger partial charge in [-0.15, -0.1) is 6.58 Å². The number of hydrogen-bond donors (Lipinski definition) is 3. The molecule has 0 atom stereocenters. The van der Waals surface area contributed by atoms with Crippen LogP contribution < -0.4 is 15.8 Å². The minimum Gasteiger partial charge on any atom is -0.491 e. The van der Waals surface area contributed by atoms with Gasteiger partial charge in [0.05, 0.1) is 12.3 Å². The van der Waals surface area contributed by atoms with Crippen molar-refractivity contribution in [2.75, 3.05) is 30.8 Å². The Morgan fingerprint density at radius 1 is 1.50 bits per heavy atom. The van der Waals surface area contributed by atoms with Crippen LogP contribution in [0.3, 0.4) is 0 Å². The Bertz CT molecular complexity index is 419. The van der Waals surface area contributed by atoms with E-state index < -0.39 is 0 Å². The van der Waals surface area contributed by atoms with E-state index in [0.29, 0.717) is 48.5 Å². The molecule has 0 saturated carbocycles. The van der Waals surface area contributed by atoms with Crippen molar-refractivity contribution in [3.05, 3.63) is 30.4 Å². The van der Waals surface area contributed by atoms with Gasteiger partial charge in [-0.05, 0) is 12.1 Å². The molecule has 0 aliphatic rings. The Morgan fingerprint density at radius 3 is 2.89 bits per heavy atom. The number of carbonyl (C=O) groups is 1. The quantitative estimate of drug-likeness (QED) is 0.281. The molecule has 0 amide bonds. The second-order valence-corrected chi connectivity index (χ2v) is 3.70. The van der Waals surface area contributed by atoms with Gasteiger partial charge in [0.25, 0.3) is 0 Å². The van der Waals surface area contributed by atoms with Crippen molar-refractivity contribution in [3.63, 3.8) is 0 Å². The van der Waals surface area contributed by atoms with Gasteiger partial charge >= 0.3 is 0 Å². The third-order valence-electron chi connectivity index (χ3n) is 2.27. The fourth-order valence-electron chi connectivity index (χ4n) is 1.45. The summed E-state index contributed by atoms with van der Waals surface area (Å²) in [6, 6.07) is 3.20. The highest BCUT2D eigenvalue weighted by Gasteiger charge is 2.09. The average molecular weight is 250 g/mol. The Kier molecular flexibility index (Phi) is 5.73. The SMILES string of the molecule is C=CCNc1c(N)cc(C=O)cc1OCCCO. The molecule has 1 rings (SSSR count). The lowest BCUT2D eigenvalue weighted by Crippen LogP contribution is -2.08. The maximum atomic E-state index is 10.8. The second-order valence-electron chi connectivity index (χ2n) is 3.70. The van der Waals surface area contributed by atoms with Crippen molar-refractivity contribution in [3.8, 4) is 5.75 Å². The highest BCUT2D eigenvalue weighted by Crippen LogP contribution is 2.32. The molecular weight excluding hydrogens is 232 g/mol. The van der Waals surface area contributed by atoms with Crippen molar-refractivity contribution >= 4 is 17.7 Å². The van der Waals surface area contributed by atoms with Crippen molar-refractivity contribution in [2.24, 2.45) is 0 Å². The molecule has 5 nitrogen and oxygen atoms in total. The van der Waals surface area contributed by atoms with Crippen LogP contribution >= 0.6 is 0 Å². The van der Waals surface area contributed by atoms with Gasteiger partial charge in [0.15, 0.2) is 0 Å². The first-order valence-electron chi connectivity index (χ1n) is 5.70. The van der Waals surface area contributed by atoms with Gasteiger partial charge in [-0.2, -0.15) is 0 Å². The zero-order chi connectivity index (χ0) is 13.4. The van der Waals surface area contributed by atoms with E-state index in [0.717, 1.165) is 0 Å². The Balaban J connectivity index is 2.95. The molecule has 1 aromatic rings. The maximum absolute atomic E-state index is 10.8. The summed E-state index contributed by atoms with van der Waals surface area (Å²) in [5, 5.41) is 11.8. The number of hydrogen-bond acceptors (Lipinski definition) is 5. The monoisotopic (exact) mass is 250 g/mol. The highest BCUT2D eigenvalue weighted by atomic mass is 16.5. The number of aliphatic hydroxyl groups is 1. The van der Waals surface area contributed by atoms with Gasteiger partial charge in [-0.3, -0.25) is 4.79 Å². The molecule has 0 saturated heterocycles. The molecule has 0 aromatic heterocycles. The lowest BCUT2D eigenvalue weighted by atomic mass is 10.1. The van der Waals surface area contributed by atoms with Gasteiger partial charge in [0.1, 0.15) is 17.7 Å². The van der Waals surface area contributed by atoms with Crippen LogP contribution in [0.25, 0.3) is 0 Å². The molecule has 0 radical (unpaired) electrons. The molecule has 98 valence electrons. The number of aldehydes is 1. The summed E-state index contributed by atoms with van der Waals surface area (Å²) < 4.78 is 5.50. The van der Waals surface area contributed by atoms with Crippen LogP contribution in [0.1, 0.15) is 16.8 Å². The zero-order valence-electron chi connectivity index (χ0n) is 10.2. The molecule has 0 unspecified atom stereocenters. The van der Waals surface area contributed by atoms with Gasteiger partial charge in [-0.25, -0.2) is 0 Å². The number of ether oxygens (including phenoxy) is 1. The van der Waals surface area contributed by atoms with E-state index in [-0.39, 0.29) is 6.61 Å². The van der Waals surface area contributed by atoms with Crippen LogP contribution in [-0.4, -0.2) is 31.2 Å². The fraction of sp³-hybridized carbons (Fsp3) is 0.308. The summed E-state index contributed by atoms with van der Waals surface area (Å²) in [6.07, 6.45) is 2.93. The van der Waals surface area contributed by atoms with Gasteiger partial charge < -0.3 is 20.9 Å². The first-order valence-corrected chi connectivity index (χ1v) is 5.70. The van der Waals surface area contributed by atoms with E-state index >= 15 is 0 Å². The first kappa shape index (κ1) is 14.1. The number of anilines is 2. The lowest BCUT2D eigenvalue weighted by molar-refractivity contribution is 0.112. The first-order chi connectivity index (χ1) is 8.72. The third kappa shape index (κ3) is 3.78. The summed E-state index contributed by atoms with van der Waals surface area (Å²) >= 11 is 0. The number of nitrogens with one attached hydrogen (secondary N) is 1. The molecule has 5 heteroatoms. The number of nitrogens with two attached hydrogens (primary N) is 1. The van der Waals surface area contributed by atoms with Crippen LogP contribution in [0.15, 0.2) is 24.8 Å². The minimum absolute atomic E-state index is 0.0538. The number of carbonyl (C=O) groups excluding carboxylic acids is 1. The molecule has 4 N–H and O–H groups in total. The normalized spacial score (nSPS) is 9.83. The van der Waals surface area contributed by atoms with Crippen LogP contribution in [0.5, 0.6) is 5.75 Å². The van der Waals surface area contributed by atoms with Gasteiger partial charge in [0, 0.05) is 25.1 Å². The second kappa shape index (κ2) is 7.34. The molecular formula is C13H18N2O3. The van der Waals surface area contributed by atoms with Crippen molar-refractivity contribution in [2.45, 2.75) is 6.42 Å². The molecule has 0 spiro atoms. The maximum Gasteiger partial charge on any atom is 0.150 e. The average Bonchev–Trinajstić information content (AvgIpc) is 2.37. The van der Waals surface area contributed by atoms with E-state index in [1.807, 2.05) is 0 Å². The topological polar surface area (TPSA) is 84.6 Å². The van der Waals surface area contributed by atoms with Crippen molar-refractivity contribution < 1.29 is 14.6 Å². The third-order valence-corrected chi connectivity index (χ3v) is 2.27. The summed E-state index contributed by atoms with van der Waals surface area (Å²) in [4.78, 5) is 10.8. The van der Waals surface area contributed by atoms with Crippen LogP contribution in [0.4, 0.5) is 11.4 Å². The molecule has 0 aliphatic heterocycles. The van der Waals surface area contributed by atoms with E-state index in [1.165, 1.54) is 0 Å². The standard InChI is InChI=1S/C13H18N2O3/c1-2-4-15-13-11(14)7-10(9-17)8-12(13)18-6-3-5-16/h2,7-9,15-16H,1,3-6,14H2. The predicted octanol–water partition coefficient (Wildman–Crippen LogP) is 1.44. The predicted molar refractivity (Wildman–Crippen MR) is 72.1 cm³/mol. The Morgan fingerprint density at radius 2 is 2.28 bits per heavy atom. The Labute approximate surface area is 106 Å². The van der Waals surface area contributed by atoms with E-state index in [4.69, 9.17) is 15.6 Å². The number of aliphatic hydroxyl groups excluding tert-OH is 1. The zero-order valence-corrected chi connectivity index (χ0v) is 10.2. The molecule has 0 fully saturated rings. The van der Waals surface area contributed by atoms with Crippen molar-refractivity contribution in [1.29, 1.82) is 0 Å². The van der Waals surface area contributed by atoms with E-state index in [1.54, 1.807) is 18.2 Å². The Hall–Kier alpha value is -2.01. The fourth-order valence-corrected chi connectivity index (χ4v) is 1.45. The summed E-state index contributed by atoms with van der Waals surface area (Å²) in [5.74, 6) is 0.507. The largest absolute Gasteiger partial charge is 0.491 e. The molecule has 0 bridgehead atoms. The van der Waals surface area contributed by atoms with Gasteiger partial charge in [-0.1, -0.05) is 6.08 Å². The van der Waals surface area contributed by atoms with Gasteiger partial charge in [0.2, 0.25) is 0 Å². The number of rotatable bonds is 8. The van der Waals surface area contributed by atoms with E-state index in [9.17, 15) is 4.79 Å². The molecule has 0 aliphatic carbocycles. The minimum atomic E-state index is 0.0538. The smallest absolute Gasteiger partial charge is 0.150 e. The molecule has 1 aromatic carbocycles. The van der Waals surface area contributed by atoms with Crippen LogP contribution in [0, 0.1) is 0 Å². The van der Waals surface area contributed by atoms with Crippen LogP contribution in [0.2, 0.25) is 0 Å². The lowest BCUT2D eigenvalue weighted by Gasteiger charge is -2.15. The summed E-state index contributed by atoms with van der Waals surface area (Å²) in [7, 11) is 0. The molecule has 0 heterocycles. The summed E-state index contributed by atoms with van der Waals surface area (Å²) in [6.45, 7) is 4.57. The highest BCUT2D eigenvalue weighted by molar-refractivity contribution is 5.84. The van der Waals surface area contributed by atoms with Crippen LogP contribution in [-0.2, 0) is 0 Å². The van der Waals surface area contributed by atoms with Crippen molar-refractivity contribution in [1.82, 2.24) is 0 Å². The number of benzene rings is 1. The number of nitrogen functional groups attached to an aromatic ring is 1. The summed E-state index contributed by atoms with van der Waals surface area (Å²) in [5.41, 5.74) is 7.39. The van der Waals surface area contributed by atoms with E-state index in [2.05, 4.69) is 11.9 Å². The molecule has 18 heavy (non-hydrogen) atoms.